The fourth-order valence-electron chi connectivity index (χ4n) is 2.72. The lowest BCUT2D eigenvalue weighted by molar-refractivity contribution is 0.0598. The van der Waals surface area contributed by atoms with Crippen molar-refractivity contribution in [2.24, 2.45) is 5.41 Å². The smallest absolute Gasteiger partial charge is 0.339 e. The number of hydrogen-bond donors (Lipinski definition) is 1. The third-order valence-corrected chi connectivity index (χ3v) is 4.19. The van der Waals surface area contributed by atoms with Crippen molar-refractivity contribution in [1.82, 2.24) is 10.3 Å². The number of pyridine rings is 1. The van der Waals surface area contributed by atoms with E-state index in [0.717, 1.165) is 5.69 Å². The second kappa shape index (κ2) is 6.35. The predicted molar refractivity (Wildman–Crippen MR) is 78.5 cm³/mol. The molecule has 0 amide bonds. The summed E-state index contributed by atoms with van der Waals surface area (Å²) in [6.45, 7) is 5.28. The van der Waals surface area contributed by atoms with Crippen molar-refractivity contribution < 1.29 is 9.53 Å². The van der Waals surface area contributed by atoms with Crippen molar-refractivity contribution in [2.75, 3.05) is 7.11 Å². The molecular weight excluding hydrogens is 252 g/mol. The number of nitrogens with one attached hydrogen (secondary N) is 1. The molecule has 0 bridgehead atoms. The van der Waals surface area contributed by atoms with E-state index in [0.29, 0.717) is 23.6 Å². The number of methoxy groups -OCH3 is 1. The number of carbonyl (C=O) groups is 1. The first-order valence-corrected chi connectivity index (χ1v) is 7.27. The van der Waals surface area contributed by atoms with E-state index < -0.39 is 0 Å². The number of carbonyl (C=O) groups excluding carboxylic acids is 1. The first-order chi connectivity index (χ1) is 9.52. The summed E-state index contributed by atoms with van der Waals surface area (Å²) in [7, 11) is 1.40. The minimum absolute atomic E-state index is 0.320. The second-order valence-electron chi connectivity index (χ2n) is 6.31. The minimum atomic E-state index is -0.320. The maximum absolute atomic E-state index is 11.7. The van der Waals surface area contributed by atoms with Gasteiger partial charge in [-0.15, -0.1) is 0 Å². The third kappa shape index (κ3) is 3.79. The molecule has 4 nitrogen and oxygen atoms in total. The Morgan fingerprint density at radius 3 is 2.80 bits per heavy atom. The van der Waals surface area contributed by atoms with Crippen LogP contribution in [-0.4, -0.2) is 24.1 Å². The Bertz CT molecular complexity index is 461. The quantitative estimate of drug-likeness (QED) is 0.859. The van der Waals surface area contributed by atoms with Crippen LogP contribution in [0.1, 0.15) is 55.6 Å². The lowest BCUT2D eigenvalue weighted by atomic mass is 9.75. The van der Waals surface area contributed by atoms with Crippen LogP contribution in [0.5, 0.6) is 0 Å². The highest BCUT2D eigenvalue weighted by atomic mass is 16.5. The van der Waals surface area contributed by atoms with Gasteiger partial charge >= 0.3 is 5.97 Å². The zero-order chi connectivity index (χ0) is 14.6. The molecule has 1 saturated carbocycles. The molecule has 1 aromatic heterocycles. The van der Waals surface area contributed by atoms with Crippen molar-refractivity contribution in [3.8, 4) is 0 Å². The number of nitrogens with zero attached hydrogens (tertiary/aromatic N) is 1. The summed E-state index contributed by atoms with van der Waals surface area (Å²) >= 11 is 0. The Labute approximate surface area is 120 Å². The largest absolute Gasteiger partial charge is 0.465 e. The summed E-state index contributed by atoms with van der Waals surface area (Å²) in [6.07, 6.45) is 6.59. The highest BCUT2D eigenvalue weighted by Crippen LogP contribution is 2.35. The third-order valence-electron chi connectivity index (χ3n) is 4.19. The fraction of sp³-hybridized carbons (Fsp3) is 0.625. The van der Waals surface area contributed by atoms with Gasteiger partial charge in [0.15, 0.2) is 0 Å². The molecule has 1 aliphatic carbocycles. The Morgan fingerprint density at radius 2 is 2.15 bits per heavy atom. The highest BCUT2D eigenvalue weighted by molar-refractivity contribution is 5.90. The van der Waals surface area contributed by atoms with Gasteiger partial charge < -0.3 is 10.1 Å². The van der Waals surface area contributed by atoms with Crippen LogP contribution in [0.2, 0.25) is 0 Å². The summed E-state index contributed by atoms with van der Waals surface area (Å²) in [6, 6.07) is 4.05. The second-order valence-corrected chi connectivity index (χ2v) is 6.31. The van der Waals surface area contributed by atoms with Gasteiger partial charge in [-0.25, -0.2) is 4.79 Å². The average Bonchev–Trinajstić information content (AvgIpc) is 2.45. The van der Waals surface area contributed by atoms with Crippen molar-refractivity contribution in [2.45, 2.75) is 52.1 Å². The van der Waals surface area contributed by atoms with Crippen molar-refractivity contribution in [3.05, 3.63) is 29.6 Å². The van der Waals surface area contributed by atoms with Crippen LogP contribution < -0.4 is 5.32 Å². The Morgan fingerprint density at radius 1 is 1.45 bits per heavy atom. The molecule has 0 aromatic carbocycles. The average molecular weight is 276 g/mol. The maximum atomic E-state index is 11.7. The molecule has 0 aliphatic heterocycles. The van der Waals surface area contributed by atoms with Crippen LogP contribution in [0.4, 0.5) is 0 Å². The SMILES string of the molecule is COC(=O)c1cccnc1CNC1CCC(C)(C)CC1. The Balaban J connectivity index is 1.93. The van der Waals surface area contributed by atoms with E-state index in [-0.39, 0.29) is 5.97 Å². The molecule has 4 heteroatoms. The van der Waals surface area contributed by atoms with Gasteiger partial charge in [-0.1, -0.05) is 13.8 Å². The van der Waals surface area contributed by atoms with E-state index in [1.807, 2.05) is 0 Å². The van der Waals surface area contributed by atoms with Crippen LogP contribution in [0.25, 0.3) is 0 Å². The van der Waals surface area contributed by atoms with Crippen LogP contribution in [-0.2, 0) is 11.3 Å². The molecule has 1 aromatic rings. The standard InChI is InChI=1S/C16H24N2O2/c1-16(2)8-6-12(7-9-16)18-11-14-13(15(19)20-3)5-4-10-17-14/h4-5,10,12,18H,6-9,11H2,1-3H3. The van der Waals surface area contributed by atoms with Crippen molar-refractivity contribution >= 4 is 5.97 Å². The first kappa shape index (κ1) is 15.0. The highest BCUT2D eigenvalue weighted by Gasteiger charge is 2.26. The molecule has 0 unspecified atom stereocenters. The zero-order valence-corrected chi connectivity index (χ0v) is 12.6. The molecule has 0 radical (unpaired) electrons. The van der Waals surface area contributed by atoms with Gasteiger partial charge in [0.1, 0.15) is 0 Å². The van der Waals surface area contributed by atoms with Gasteiger partial charge in [0, 0.05) is 18.8 Å². The first-order valence-electron chi connectivity index (χ1n) is 7.27. The molecule has 1 heterocycles. The van der Waals surface area contributed by atoms with Crippen molar-refractivity contribution in [3.63, 3.8) is 0 Å². The van der Waals surface area contributed by atoms with E-state index in [4.69, 9.17) is 4.74 Å². The van der Waals surface area contributed by atoms with E-state index >= 15 is 0 Å². The summed E-state index contributed by atoms with van der Waals surface area (Å²) < 4.78 is 4.79. The molecule has 20 heavy (non-hydrogen) atoms. The van der Waals surface area contributed by atoms with E-state index in [1.54, 1.807) is 18.3 Å². The lowest BCUT2D eigenvalue weighted by Gasteiger charge is -2.34. The molecule has 1 N–H and O–H groups in total. The van der Waals surface area contributed by atoms with Crippen molar-refractivity contribution in [1.29, 1.82) is 0 Å². The van der Waals surface area contributed by atoms with Crippen LogP contribution >= 0.6 is 0 Å². The summed E-state index contributed by atoms with van der Waals surface area (Å²) in [5.74, 6) is -0.320. The normalized spacial score (nSPS) is 18.8. The van der Waals surface area contributed by atoms with Gasteiger partial charge in [0.05, 0.1) is 18.4 Å². The molecule has 2 rings (SSSR count). The van der Waals surface area contributed by atoms with Gasteiger partial charge in [0.25, 0.3) is 0 Å². The molecule has 110 valence electrons. The number of ether oxygens (including phenoxy) is 1. The monoisotopic (exact) mass is 276 g/mol. The predicted octanol–water partition coefficient (Wildman–Crippen LogP) is 2.93. The lowest BCUT2D eigenvalue weighted by Crippen LogP contribution is -2.35. The fourth-order valence-corrected chi connectivity index (χ4v) is 2.72. The Hall–Kier alpha value is -1.42. The van der Waals surface area contributed by atoms with Crippen LogP contribution in [0.15, 0.2) is 18.3 Å². The number of rotatable bonds is 4. The van der Waals surface area contributed by atoms with Gasteiger partial charge in [-0.2, -0.15) is 0 Å². The molecule has 1 aliphatic rings. The van der Waals surface area contributed by atoms with Crippen LogP contribution in [0, 0.1) is 5.41 Å². The van der Waals surface area contributed by atoms with Gasteiger partial charge in [-0.3, -0.25) is 4.98 Å². The number of aromatic nitrogens is 1. The zero-order valence-electron chi connectivity index (χ0n) is 12.6. The van der Waals surface area contributed by atoms with E-state index in [9.17, 15) is 4.79 Å². The van der Waals surface area contributed by atoms with E-state index in [1.165, 1.54) is 32.8 Å². The molecular formula is C16H24N2O2. The minimum Gasteiger partial charge on any atom is -0.465 e. The molecule has 1 fully saturated rings. The maximum Gasteiger partial charge on any atom is 0.339 e. The molecule has 0 saturated heterocycles. The molecule has 0 atom stereocenters. The molecule has 0 spiro atoms. The van der Waals surface area contributed by atoms with Crippen LogP contribution in [0.3, 0.4) is 0 Å². The van der Waals surface area contributed by atoms with E-state index in [2.05, 4.69) is 24.1 Å². The summed E-state index contributed by atoms with van der Waals surface area (Å²) in [5, 5.41) is 3.52. The topological polar surface area (TPSA) is 51.2 Å². The number of hydrogen-bond acceptors (Lipinski definition) is 4. The van der Waals surface area contributed by atoms with Gasteiger partial charge in [0.2, 0.25) is 0 Å². The summed E-state index contributed by atoms with van der Waals surface area (Å²) in [4.78, 5) is 16.0. The summed E-state index contributed by atoms with van der Waals surface area (Å²) in [5.41, 5.74) is 1.79. The number of esters is 1. The Kier molecular flexibility index (Phi) is 4.76. The van der Waals surface area contributed by atoms with Gasteiger partial charge in [-0.05, 0) is 43.2 Å².